The molecule has 0 saturated heterocycles. The third-order valence-corrected chi connectivity index (χ3v) is 2.50. The number of nitro benzene ring substituents is 1. The summed E-state index contributed by atoms with van der Waals surface area (Å²) >= 11 is 0. The second kappa shape index (κ2) is 7.53. The van der Waals surface area contributed by atoms with Crippen LogP contribution in [0.25, 0.3) is 0 Å². The molecule has 0 spiro atoms. The lowest BCUT2D eigenvalue weighted by atomic mass is 10.2. The Kier molecular flexibility index (Phi) is 5.97. The predicted molar refractivity (Wildman–Crippen MR) is 72.3 cm³/mol. The van der Waals surface area contributed by atoms with E-state index in [0.29, 0.717) is 12.4 Å². The largest absolute Gasteiger partial charge is 0.493 e. The highest BCUT2D eigenvalue weighted by molar-refractivity contribution is 5.56. The monoisotopic (exact) mass is 252 g/mol. The molecule has 1 aromatic rings. The Morgan fingerprint density at radius 3 is 2.67 bits per heavy atom. The summed E-state index contributed by atoms with van der Waals surface area (Å²) in [6.45, 7) is 5.38. The second-order valence-corrected chi connectivity index (χ2v) is 4.06. The molecule has 0 aliphatic carbocycles. The molecule has 0 heterocycles. The van der Waals surface area contributed by atoms with Gasteiger partial charge in [-0.3, -0.25) is 10.1 Å². The van der Waals surface area contributed by atoms with Crippen LogP contribution in [0.5, 0.6) is 5.75 Å². The number of hydrogen-bond donors (Lipinski definition) is 1. The van der Waals surface area contributed by atoms with Crippen molar-refractivity contribution < 1.29 is 9.66 Å². The summed E-state index contributed by atoms with van der Waals surface area (Å²) in [4.78, 5) is 10.4. The number of non-ortho nitro benzene ring substituents is 1. The fourth-order valence-corrected chi connectivity index (χ4v) is 1.62. The summed E-state index contributed by atoms with van der Waals surface area (Å²) in [5.41, 5.74) is 0.774. The number of nitrogens with one attached hydrogen (secondary N) is 1. The first-order valence-electron chi connectivity index (χ1n) is 6.33. The van der Waals surface area contributed by atoms with Gasteiger partial charge in [-0.1, -0.05) is 19.8 Å². The van der Waals surface area contributed by atoms with Crippen molar-refractivity contribution in [3.8, 4) is 5.75 Å². The number of rotatable bonds is 8. The zero-order chi connectivity index (χ0) is 13.4. The van der Waals surface area contributed by atoms with Gasteiger partial charge in [0, 0.05) is 24.4 Å². The molecule has 0 aliphatic rings. The second-order valence-electron chi connectivity index (χ2n) is 4.06. The highest BCUT2D eigenvalue weighted by Crippen LogP contribution is 2.26. The van der Waals surface area contributed by atoms with Gasteiger partial charge in [0.15, 0.2) is 0 Å². The zero-order valence-electron chi connectivity index (χ0n) is 10.9. The SMILES string of the molecule is CCCCCOc1cc(NCC)cc([N+](=O)[O-])c1. The maximum Gasteiger partial charge on any atom is 0.275 e. The van der Waals surface area contributed by atoms with Crippen LogP contribution in [-0.4, -0.2) is 18.1 Å². The first-order valence-corrected chi connectivity index (χ1v) is 6.33. The molecule has 0 unspecified atom stereocenters. The summed E-state index contributed by atoms with van der Waals surface area (Å²) in [5, 5.41) is 13.9. The van der Waals surface area contributed by atoms with E-state index in [2.05, 4.69) is 12.2 Å². The fraction of sp³-hybridized carbons (Fsp3) is 0.538. The number of anilines is 1. The molecule has 1 N–H and O–H groups in total. The zero-order valence-corrected chi connectivity index (χ0v) is 10.9. The minimum atomic E-state index is -0.403. The lowest BCUT2D eigenvalue weighted by molar-refractivity contribution is -0.384. The van der Waals surface area contributed by atoms with Gasteiger partial charge in [-0.25, -0.2) is 0 Å². The van der Waals surface area contributed by atoms with Gasteiger partial charge < -0.3 is 10.1 Å². The van der Waals surface area contributed by atoms with Crippen molar-refractivity contribution in [3.05, 3.63) is 28.3 Å². The van der Waals surface area contributed by atoms with Crippen LogP contribution in [0.15, 0.2) is 18.2 Å². The highest BCUT2D eigenvalue weighted by Gasteiger charge is 2.10. The van der Waals surface area contributed by atoms with Crippen molar-refractivity contribution in [2.75, 3.05) is 18.5 Å². The van der Waals surface area contributed by atoms with Gasteiger partial charge in [0.05, 0.1) is 17.6 Å². The average molecular weight is 252 g/mol. The fourth-order valence-electron chi connectivity index (χ4n) is 1.62. The summed E-state index contributed by atoms with van der Waals surface area (Å²) in [5.74, 6) is 0.552. The minimum absolute atomic E-state index is 0.0546. The van der Waals surface area contributed by atoms with Crippen molar-refractivity contribution in [2.24, 2.45) is 0 Å². The van der Waals surface area contributed by atoms with E-state index in [4.69, 9.17) is 4.74 Å². The van der Waals surface area contributed by atoms with Crippen molar-refractivity contribution in [1.82, 2.24) is 0 Å². The standard InChI is InChI=1S/C13H20N2O3/c1-3-5-6-7-18-13-9-11(14-4-2)8-12(10-13)15(16)17/h8-10,14H,3-7H2,1-2H3. The van der Waals surface area contributed by atoms with Crippen molar-refractivity contribution >= 4 is 11.4 Å². The molecule has 0 radical (unpaired) electrons. The van der Waals surface area contributed by atoms with Crippen molar-refractivity contribution in [2.45, 2.75) is 33.1 Å². The lowest BCUT2D eigenvalue weighted by Gasteiger charge is -2.09. The highest BCUT2D eigenvalue weighted by atomic mass is 16.6. The van der Waals surface area contributed by atoms with E-state index in [9.17, 15) is 10.1 Å². The Morgan fingerprint density at radius 1 is 1.28 bits per heavy atom. The molecule has 5 nitrogen and oxygen atoms in total. The van der Waals surface area contributed by atoms with Crippen molar-refractivity contribution in [3.63, 3.8) is 0 Å². The van der Waals surface area contributed by atoms with Gasteiger partial charge in [-0.15, -0.1) is 0 Å². The quantitative estimate of drug-likeness (QED) is 0.436. The molecule has 1 aromatic carbocycles. The van der Waals surface area contributed by atoms with Gasteiger partial charge in [0.2, 0.25) is 0 Å². The van der Waals surface area contributed by atoms with E-state index in [1.54, 1.807) is 6.07 Å². The Labute approximate surface area is 107 Å². The molecule has 0 aliphatic heterocycles. The van der Waals surface area contributed by atoms with Crippen LogP contribution in [0.2, 0.25) is 0 Å². The molecule has 100 valence electrons. The molecule has 1 rings (SSSR count). The van der Waals surface area contributed by atoms with Crippen molar-refractivity contribution in [1.29, 1.82) is 0 Å². The molecule has 18 heavy (non-hydrogen) atoms. The number of nitrogens with zero attached hydrogens (tertiary/aromatic N) is 1. The smallest absolute Gasteiger partial charge is 0.275 e. The van der Waals surface area contributed by atoms with E-state index in [0.717, 1.165) is 31.5 Å². The maximum absolute atomic E-state index is 10.8. The Balaban J connectivity index is 2.72. The van der Waals surface area contributed by atoms with E-state index in [1.807, 2.05) is 6.92 Å². The van der Waals surface area contributed by atoms with Gasteiger partial charge in [0.1, 0.15) is 5.75 Å². The number of unbranched alkanes of at least 4 members (excludes halogenated alkanes) is 2. The third-order valence-electron chi connectivity index (χ3n) is 2.50. The van der Waals surface area contributed by atoms with Gasteiger partial charge in [-0.05, 0) is 13.3 Å². The van der Waals surface area contributed by atoms with Crippen LogP contribution in [0.1, 0.15) is 33.1 Å². The van der Waals surface area contributed by atoms with Gasteiger partial charge in [0.25, 0.3) is 5.69 Å². The molecular formula is C13H20N2O3. The third kappa shape index (κ3) is 4.61. The normalized spacial score (nSPS) is 10.1. The molecule has 0 atom stereocenters. The van der Waals surface area contributed by atoms with Crippen LogP contribution in [0, 0.1) is 10.1 Å². The minimum Gasteiger partial charge on any atom is -0.493 e. The number of hydrogen-bond acceptors (Lipinski definition) is 4. The molecule has 0 bridgehead atoms. The molecular weight excluding hydrogens is 232 g/mol. The molecule has 0 aromatic heterocycles. The Bertz CT molecular complexity index is 394. The van der Waals surface area contributed by atoms with E-state index in [1.165, 1.54) is 12.1 Å². The maximum atomic E-state index is 10.8. The number of benzene rings is 1. The average Bonchev–Trinajstić information content (AvgIpc) is 2.35. The van der Waals surface area contributed by atoms with Crippen LogP contribution in [0.4, 0.5) is 11.4 Å². The number of nitro groups is 1. The van der Waals surface area contributed by atoms with Crippen LogP contribution in [0.3, 0.4) is 0 Å². The molecule has 5 heteroatoms. The molecule has 0 saturated carbocycles. The van der Waals surface area contributed by atoms with Gasteiger partial charge in [-0.2, -0.15) is 0 Å². The Hall–Kier alpha value is -1.78. The van der Waals surface area contributed by atoms with Gasteiger partial charge >= 0.3 is 0 Å². The Morgan fingerprint density at radius 2 is 2.06 bits per heavy atom. The van der Waals surface area contributed by atoms with E-state index in [-0.39, 0.29) is 5.69 Å². The summed E-state index contributed by atoms with van der Waals surface area (Å²) < 4.78 is 5.54. The van der Waals surface area contributed by atoms with E-state index < -0.39 is 4.92 Å². The first kappa shape index (κ1) is 14.3. The summed E-state index contributed by atoms with van der Waals surface area (Å²) in [6, 6.07) is 4.78. The summed E-state index contributed by atoms with van der Waals surface area (Å²) in [7, 11) is 0. The predicted octanol–water partition coefficient (Wildman–Crippen LogP) is 3.60. The first-order chi connectivity index (χ1) is 8.67. The summed E-state index contributed by atoms with van der Waals surface area (Å²) in [6.07, 6.45) is 3.20. The molecule has 0 fully saturated rings. The van der Waals surface area contributed by atoms with Crippen LogP contribution in [-0.2, 0) is 0 Å². The topological polar surface area (TPSA) is 64.4 Å². The van der Waals surface area contributed by atoms with Crippen LogP contribution < -0.4 is 10.1 Å². The van der Waals surface area contributed by atoms with E-state index >= 15 is 0 Å². The van der Waals surface area contributed by atoms with Crippen LogP contribution >= 0.6 is 0 Å². The number of ether oxygens (including phenoxy) is 1. The lowest BCUT2D eigenvalue weighted by Crippen LogP contribution is -2.01. The molecule has 0 amide bonds.